The Kier molecular flexibility index (Phi) is 3.30. The van der Waals surface area contributed by atoms with Crippen molar-refractivity contribution in [2.75, 3.05) is 0 Å². The van der Waals surface area contributed by atoms with Crippen LogP contribution in [-0.4, -0.2) is 15.9 Å². The molecule has 7 heteroatoms. The number of nitrogens with zero attached hydrogens (tertiary/aromatic N) is 2. The number of halogens is 3. The van der Waals surface area contributed by atoms with Crippen molar-refractivity contribution in [1.82, 2.24) is 15.3 Å². The topological polar surface area (TPSA) is 54.9 Å². The number of amides is 1. The van der Waals surface area contributed by atoms with Crippen molar-refractivity contribution in [3.05, 3.63) is 36.4 Å². The molecule has 1 aromatic heterocycles. The largest absolute Gasteiger partial charge is 0.433 e. The third-order valence-electron chi connectivity index (χ3n) is 3.13. The highest BCUT2D eigenvalue weighted by Crippen LogP contribution is 2.40. The van der Waals surface area contributed by atoms with Crippen LogP contribution in [0.1, 0.15) is 30.8 Å². The summed E-state index contributed by atoms with van der Waals surface area (Å²) in [7, 11) is 0. The van der Waals surface area contributed by atoms with Crippen LogP contribution in [0.15, 0.2) is 24.9 Å². The van der Waals surface area contributed by atoms with Gasteiger partial charge in [-0.05, 0) is 31.4 Å². The predicted molar refractivity (Wildman–Crippen MR) is 60.9 cm³/mol. The summed E-state index contributed by atoms with van der Waals surface area (Å²) in [4.78, 5) is 18.8. The Labute approximate surface area is 107 Å². The fraction of sp³-hybridized carbons (Fsp3) is 0.417. The summed E-state index contributed by atoms with van der Waals surface area (Å²) in [6, 6.07) is 0.811. The second kappa shape index (κ2) is 4.64. The van der Waals surface area contributed by atoms with Crippen LogP contribution in [0.25, 0.3) is 0 Å². The molecule has 0 atom stereocenters. The van der Waals surface area contributed by atoms with Gasteiger partial charge in [0.15, 0.2) is 5.82 Å². The van der Waals surface area contributed by atoms with E-state index in [0.29, 0.717) is 12.8 Å². The lowest BCUT2D eigenvalue weighted by Gasteiger charge is -2.40. The van der Waals surface area contributed by atoms with E-state index in [2.05, 4.69) is 21.9 Å². The maximum absolute atomic E-state index is 12.6. The van der Waals surface area contributed by atoms with Crippen molar-refractivity contribution in [2.45, 2.75) is 31.0 Å². The first-order chi connectivity index (χ1) is 8.87. The van der Waals surface area contributed by atoms with Gasteiger partial charge in [-0.1, -0.05) is 6.58 Å². The summed E-state index contributed by atoms with van der Waals surface area (Å²) in [5.74, 6) is -0.440. The SMILES string of the molecule is C=CC(=O)NC1(c2nccc(C(F)(F)F)n2)CCC1. The average molecular weight is 271 g/mol. The highest BCUT2D eigenvalue weighted by atomic mass is 19.4. The first-order valence-electron chi connectivity index (χ1n) is 5.73. The van der Waals surface area contributed by atoms with Gasteiger partial charge in [-0.2, -0.15) is 13.2 Å². The van der Waals surface area contributed by atoms with Crippen LogP contribution in [0.2, 0.25) is 0 Å². The first-order valence-corrected chi connectivity index (χ1v) is 5.73. The standard InChI is InChI=1S/C12H12F3N3O/c1-2-9(19)18-11(5-3-6-11)10-16-7-4-8(17-10)12(13,14)15/h2,4,7H,1,3,5-6H2,(H,18,19). The molecular weight excluding hydrogens is 259 g/mol. The zero-order chi connectivity index (χ0) is 14.1. The third kappa shape index (κ3) is 2.59. The molecule has 1 fully saturated rings. The number of alkyl halides is 3. The van der Waals surface area contributed by atoms with Crippen LogP contribution in [0.3, 0.4) is 0 Å². The van der Waals surface area contributed by atoms with Gasteiger partial charge in [-0.15, -0.1) is 0 Å². The average Bonchev–Trinajstić information content (AvgIpc) is 2.32. The van der Waals surface area contributed by atoms with Crippen molar-refractivity contribution in [3.63, 3.8) is 0 Å². The summed E-state index contributed by atoms with van der Waals surface area (Å²) in [5, 5.41) is 2.63. The number of hydrogen-bond donors (Lipinski definition) is 1. The molecule has 19 heavy (non-hydrogen) atoms. The number of hydrogen-bond acceptors (Lipinski definition) is 3. The van der Waals surface area contributed by atoms with Crippen molar-refractivity contribution < 1.29 is 18.0 Å². The van der Waals surface area contributed by atoms with Crippen molar-refractivity contribution in [3.8, 4) is 0 Å². The van der Waals surface area contributed by atoms with Crippen LogP contribution >= 0.6 is 0 Å². The molecular formula is C12H12F3N3O. The van der Waals surface area contributed by atoms with Crippen molar-refractivity contribution in [2.24, 2.45) is 0 Å². The Morgan fingerprint density at radius 3 is 2.63 bits per heavy atom. The Morgan fingerprint density at radius 1 is 1.47 bits per heavy atom. The smallest absolute Gasteiger partial charge is 0.340 e. The fourth-order valence-electron chi connectivity index (χ4n) is 1.97. The van der Waals surface area contributed by atoms with E-state index < -0.39 is 23.3 Å². The van der Waals surface area contributed by atoms with Gasteiger partial charge in [0.25, 0.3) is 0 Å². The molecule has 1 saturated carbocycles. The molecule has 1 amide bonds. The Hall–Kier alpha value is -1.92. The van der Waals surface area contributed by atoms with Gasteiger partial charge in [-0.25, -0.2) is 9.97 Å². The molecule has 0 radical (unpaired) electrons. The number of carbonyl (C=O) groups is 1. The van der Waals surface area contributed by atoms with Gasteiger partial charge in [0.05, 0.1) is 0 Å². The summed E-state index contributed by atoms with van der Waals surface area (Å²) in [5.41, 5.74) is -1.90. The first kappa shape index (κ1) is 13.5. The number of rotatable bonds is 3. The monoisotopic (exact) mass is 271 g/mol. The molecule has 1 aromatic rings. The molecule has 0 bridgehead atoms. The Bertz CT molecular complexity index is 509. The van der Waals surface area contributed by atoms with E-state index in [0.717, 1.165) is 24.8 Å². The lowest BCUT2D eigenvalue weighted by atomic mass is 9.76. The van der Waals surface area contributed by atoms with Gasteiger partial charge < -0.3 is 5.32 Å². The molecule has 4 nitrogen and oxygen atoms in total. The minimum atomic E-state index is -4.52. The minimum absolute atomic E-state index is 0.00350. The second-order valence-corrected chi connectivity index (χ2v) is 4.39. The van der Waals surface area contributed by atoms with Crippen LogP contribution in [-0.2, 0) is 16.5 Å². The Balaban J connectivity index is 2.34. The highest BCUT2D eigenvalue weighted by Gasteiger charge is 2.44. The van der Waals surface area contributed by atoms with E-state index in [1.807, 2.05) is 0 Å². The summed E-state index contributed by atoms with van der Waals surface area (Å²) < 4.78 is 37.8. The summed E-state index contributed by atoms with van der Waals surface area (Å²) in [6.45, 7) is 3.32. The lowest BCUT2D eigenvalue weighted by molar-refractivity contribution is -0.141. The third-order valence-corrected chi connectivity index (χ3v) is 3.13. The molecule has 1 aliphatic carbocycles. The molecule has 0 unspecified atom stereocenters. The maximum atomic E-state index is 12.6. The Morgan fingerprint density at radius 2 is 2.16 bits per heavy atom. The van der Waals surface area contributed by atoms with Crippen molar-refractivity contribution >= 4 is 5.91 Å². The van der Waals surface area contributed by atoms with Crippen LogP contribution < -0.4 is 5.32 Å². The van der Waals surface area contributed by atoms with E-state index >= 15 is 0 Å². The molecule has 0 aliphatic heterocycles. The highest BCUT2D eigenvalue weighted by molar-refractivity contribution is 5.87. The maximum Gasteiger partial charge on any atom is 0.433 e. The van der Waals surface area contributed by atoms with E-state index in [1.165, 1.54) is 0 Å². The van der Waals surface area contributed by atoms with Gasteiger partial charge in [0, 0.05) is 6.20 Å². The van der Waals surface area contributed by atoms with Crippen molar-refractivity contribution in [1.29, 1.82) is 0 Å². The molecule has 102 valence electrons. The minimum Gasteiger partial charge on any atom is -0.340 e. The predicted octanol–water partition coefficient (Wildman–Crippen LogP) is 2.18. The molecule has 0 aromatic carbocycles. The van der Waals surface area contributed by atoms with E-state index in [4.69, 9.17) is 0 Å². The van der Waals surface area contributed by atoms with Crippen LogP contribution in [0.4, 0.5) is 13.2 Å². The quantitative estimate of drug-likeness (QED) is 0.857. The van der Waals surface area contributed by atoms with E-state index in [-0.39, 0.29) is 5.82 Å². The number of aromatic nitrogens is 2. The zero-order valence-electron chi connectivity index (χ0n) is 10.00. The van der Waals surface area contributed by atoms with Crippen LogP contribution in [0.5, 0.6) is 0 Å². The summed E-state index contributed by atoms with van der Waals surface area (Å²) in [6.07, 6.45) is -0.539. The molecule has 0 saturated heterocycles. The zero-order valence-corrected chi connectivity index (χ0v) is 10.00. The van der Waals surface area contributed by atoms with E-state index in [9.17, 15) is 18.0 Å². The second-order valence-electron chi connectivity index (χ2n) is 4.39. The van der Waals surface area contributed by atoms with Gasteiger partial charge in [-0.3, -0.25) is 4.79 Å². The molecule has 1 N–H and O–H groups in total. The van der Waals surface area contributed by atoms with Crippen LogP contribution in [0, 0.1) is 0 Å². The molecule has 1 aliphatic rings. The van der Waals surface area contributed by atoms with Gasteiger partial charge in [0.1, 0.15) is 11.2 Å². The molecule has 0 spiro atoms. The van der Waals surface area contributed by atoms with E-state index in [1.54, 1.807) is 0 Å². The molecule has 2 rings (SSSR count). The van der Waals surface area contributed by atoms with Gasteiger partial charge >= 0.3 is 6.18 Å². The fourth-order valence-corrected chi connectivity index (χ4v) is 1.97. The normalized spacial score (nSPS) is 17.4. The number of carbonyl (C=O) groups excluding carboxylic acids is 1. The number of nitrogens with one attached hydrogen (secondary N) is 1. The molecule has 1 heterocycles. The summed E-state index contributed by atoms with van der Waals surface area (Å²) >= 11 is 0. The van der Waals surface area contributed by atoms with Gasteiger partial charge in [0.2, 0.25) is 5.91 Å². The lowest BCUT2D eigenvalue weighted by Crippen LogP contribution is -2.51.